The van der Waals surface area contributed by atoms with E-state index in [2.05, 4.69) is 26.1 Å². The van der Waals surface area contributed by atoms with Crippen LogP contribution in [0.15, 0.2) is 0 Å². The molecule has 0 saturated heterocycles. The number of esters is 1. The summed E-state index contributed by atoms with van der Waals surface area (Å²) in [4.78, 5) is 11.7. The molecule has 1 atom stereocenters. The molecule has 1 rings (SSSR count). The highest BCUT2D eigenvalue weighted by Crippen LogP contribution is 2.47. The molecule has 1 N–H and O–H groups in total. The van der Waals surface area contributed by atoms with Crippen molar-refractivity contribution >= 4 is 5.97 Å². The lowest BCUT2D eigenvalue weighted by Gasteiger charge is -2.41. The van der Waals surface area contributed by atoms with Crippen molar-refractivity contribution in [2.75, 3.05) is 13.2 Å². The molecule has 16 heavy (non-hydrogen) atoms. The fourth-order valence-electron chi connectivity index (χ4n) is 2.92. The Hall–Kier alpha value is -0.570. The van der Waals surface area contributed by atoms with Gasteiger partial charge in [0.1, 0.15) is 0 Å². The first-order chi connectivity index (χ1) is 7.47. The lowest BCUT2D eigenvalue weighted by atomic mass is 9.73. The van der Waals surface area contributed by atoms with Gasteiger partial charge in [-0.15, -0.1) is 0 Å². The smallest absolute Gasteiger partial charge is 0.307 e. The topological polar surface area (TPSA) is 38.3 Å². The Morgan fingerprint density at radius 3 is 2.44 bits per heavy atom. The van der Waals surface area contributed by atoms with Gasteiger partial charge in [-0.05, 0) is 31.7 Å². The van der Waals surface area contributed by atoms with E-state index in [1.165, 1.54) is 12.8 Å². The van der Waals surface area contributed by atoms with Gasteiger partial charge in [-0.1, -0.05) is 27.2 Å². The molecule has 1 fully saturated rings. The van der Waals surface area contributed by atoms with E-state index in [0.29, 0.717) is 13.0 Å². The fourth-order valence-corrected chi connectivity index (χ4v) is 2.92. The minimum atomic E-state index is -0.0709. The lowest BCUT2D eigenvalue weighted by Crippen LogP contribution is -2.54. The number of rotatable bonds is 5. The number of carbonyl (C=O) groups excluding carboxylic acids is 1. The average Bonchev–Trinajstić information content (AvgIpc) is 2.43. The van der Waals surface area contributed by atoms with Crippen LogP contribution in [-0.4, -0.2) is 24.7 Å². The standard InChI is InChI=1S/C13H25NO2/c1-5-14-13(10-11(15)16-6-2)9-7-8-12(13,3)4/h14H,5-10H2,1-4H3. The van der Waals surface area contributed by atoms with E-state index in [-0.39, 0.29) is 16.9 Å². The molecule has 94 valence electrons. The van der Waals surface area contributed by atoms with Gasteiger partial charge in [-0.3, -0.25) is 4.79 Å². The van der Waals surface area contributed by atoms with Gasteiger partial charge in [0.15, 0.2) is 0 Å². The van der Waals surface area contributed by atoms with Crippen molar-refractivity contribution in [2.45, 2.75) is 58.9 Å². The number of hydrogen-bond acceptors (Lipinski definition) is 3. The summed E-state index contributed by atoms with van der Waals surface area (Å²) >= 11 is 0. The van der Waals surface area contributed by atoms with Crippen molar-refractivity contribution in [2.24, 2.45) is 5.41 Å². The van der Waals surface area contributed by atoms with Crippen molar-refractivity contribution in [3.8, 4) is 0 Å². The van der Waals surface area contributed by atoms with Gasteiger partial charge in [0.05, 0.1) is 13.0 Å². The van der Waals surface area contributed by atoms with Crippen molar-refractivity contribution in [3.05, 3.63) is 0 Å². The molecule has 3 nitrogen and oxygen atoms in total. The van der Waals surface area contributed by atoms with Crippen LogP contribution in [0, 0.1) is 5.41 Å². The first-order valence-corrected chi connectivity index (χ1v) is 6.38. The van der Waals surface area contributed by atoms with E-state index in [1.807, 2.05) is 6.92 Å². The maximum Gasteiger partial charge on any atom is 0.307 e. The average molecular weight is 227 g/mol. The van der Waals surface area contributed by atoms with E-state index in [1.54, 1.807) is 0 Å². The number of hydrogen-bond donors (Lipinski definition) is 1. The quantitative estimate of drug-likeness (QED) is 0.733. The molecule has 1 saturated carbocycles. The maximum atomic E-state index is 11.7. The van der Waals surface area contributed by atoms with Crippen LogP contribution in [0.25, 0.3) is 0 Å². The van der Waals surface area contributed by atoms with Gasteiger partial charge in [0, 0.05) is 5.54 Å². The molecule has 1 unspecified atom stereocenters. The molecule has 1 aliphatic carbocycles. The largest absolute Gasteiger partial charge is 0.466 e. The first kappa shape index (κ1) is 13.5. The van der Waals surface area contributed by atoms with E-state index >= 15 is 0 Å². The van der Waals surface area contributed by atoms with Crippen LogP contribution in [0.5, 0.6) is 0 Å². The molecule has 0 heterocycles. The summed E-state index contributed by atoms with van der Waals surface area (Å²) in [6.07, 6.45) is 3.95. The number of nitrogens with one attached hydrogen (secondary N) is 1. The highest BCUT2D eigenvalue weighted by atomic mass is 16.5. The molecule has 0 bridgehead atoms. The molecule has 0 amide bonds. The SMILES string of the molecule is CCNC1(CC(=O)OCC)CCCC1(C)C. The summed E-state index contributed by atoms with van der Waals surface area (Å²) in [5.41, 5.74) is 0.115. The highest BCUT2D eigenvalue weighted by Gasteiger charge is 2.49. The van der Waals surface area contributed by atoms with Gasteiger partial charge in [0.25, 0.3) is 0 Å². The van der Waals surface area contributed by atoms with Gasteiger partial charge in [0.2, 0.25) is 0 Å². The Labute approximate surface area is 98.9 Å². The third-order valence-corrected chi connectivity index (χ3v) is 3.97. The Bertz CT molecular complexity index is 250. The van der Waals surface area contributed by atoms with E-state index in [4.69, 9.17) is 4.74 Å². The summed E-state index contributed by atoms with van der Waals surface area (Å²) in [5, 5.41) is 3.54. The van der Waals surface area contributed by atoms with Crippen LogP contribution >= 0.6 is 0 Å². The third-order valence-electron chi connectivity index (χ3n) is 3.97. The van der Waals surface area contributed by atoms with Gasteiger partial charge < -0.3 is 10.1 Å². The summed E-state index contributed by atoms with van der Waals surface area (Å²) in [6, 6.07) is 0. The minimum absolute atomic E-state index is 0.0615. The maximum absolute atomic E-state index is 11.7. The van der Waals surface area contributed by atoms with Crippen molar-refractivity contribution in [1.29, 1.82) is 0 Å². The van der Waals surface area contributed by atoms with Gasteiger partial charge in [-0.2, -0.15) is 0 Å². The van der Waals surface area contributed by atoms with Crippen molar-refractivity contribution in [3.63, 3.8) is 0 Å². The highest BCUT2D eigenvalue weighted by molar-refractivity contribution is 5.71. The third kappa shape index (κ3) is 2.57. The van der Waals surface area contributed by atoms with Crippen LogP contribution in [0.3, 0.4) is 0 Å². The van der Waals surface area contributed by atoms with E-state index in [0.717, 1.165) is 13.0 Å². The molecule has 0 spiro atoms. The zero-order valence-electron chi connectivity index (χ0n) is 11.1. The summed E-state index contributed by atoms with van der Waals surface area (Å²) in [5.74, 6) is -0.0709. The minimum Gasteiger partial charge on any atom is -0.466 e. The van der Waals surface area contributed by atoms with Gasteiger partial charge in [-0.25, -0.2) is 0 Å². The summed E-state index contributed by atoms with van der Waals surface area (Å²) in [7, 11) is 0. The normalized spacial score (nSPS) is 28.0. The Morgan fingerprint density at radius 1 is 1.31 bits per heavy atom. The fraction of sp³-hybridized carbons (Fsp3) is 0.923. The molecule has 0 aromatic heterocycles. The van der Waals surface area contributed by atoms with Crippen LogP contribution < -0.4 is 5.32 Å². The Kier molecular flexibility index (Phi) is 4.36. The molecule has 0 radical (unpaired) electrons. The molecular weight excluding hydrogens is 202 g/mol. The molecule has 0 aromatic rings. The summed E-state index contributed by atoms with van der Waals surface area (Å²) < 4.78 is 5.09. The Balaban J connectivity index is 2.76. The van der Waals surface area contributed by atoms with Crippen LogP contribution in [-0.2, 0) is 9.53 Å². The van der Waals surface area contributed by atoms with E-state index in [9.17, 15) is 4.79 Å². The number of ether oxygens (including phenoxy) is 1. The Morgan fingerprint density at radius 2 is 2.00 bits per heavy atom. The second-order valence-electron chi connectivity index (χ2n) is 5.33. The molecule has 0 aromatic carbocycles. The lowest BCUT2D eigenvalue weighted by molar-refractivity contribution is -0.146. The monoisotopic (exact) mass is 227 g/mol. The van der Waals surface area contributed by atoms with E-state index < -0.39 is 0 Å². The summed E-state index contributed by atoms with van der Waals surface area (Å²) in [6.45, 7) is 9.84. The first-order valence-electron chi connectivity index (χ1n) is 6.38. The zero-order valence-corrected chi connectivity index (χ0v) is 11.1. The predicted octanol–water partition coefficient (Wildman–Crippen LogP) is 2.50. The molecule has 3 heteroatoms. The number of carbonyl (C=O) groups is 1. The van der Waals surface area contributed by atoms with Crippen molar-refractivity contribution in [1.82, 2.24) is 5.32 Å². The molecule has 1 aliphatic rings. The van der Waals surface area contributed by atoms with Gasteiger partial charge >= 0.3 is 5.97 Å². The van der Waals surface area contributed by atoms with Crippen LogP contribution in [0.2, 0.25) is 0 Å². The second kappa shape index (κ2) is 5.17. The zero-order chi connectivity index (χ0) is 12.2. The van der Waals surface area contributed by atoms with Crippen LogP contribution in [0.1, 0.15) is 53.4 Å². The van der Waals surface area contributed by atoms with Crippen molar-refractivity contribution < 1.29 is 9.53 Å². The second-order valence-corrected chi connectivity index (χ2v) is 5.33. The predicted molar refractivity (Wildman–Crippen MR) is 65.3 cm³/mol. The molecule has 0 aliphatic heterocycles. The molecular formula is C13H25NO2. The van der Waals surface area contributed by atoms with Crippen LogP contribution in [0.4, 0.5) is 0 Å².